The largest absolute Gasteiger partial charge is 0.383 e. The van der Waals surface area contributed by atoms with E-state index >= 15 is 0 Å². The van der Waals surface area contributed by atoms with Gasteiger partial charge in [-0.1, -0.05) is 0 Å². The Morgan fingerprint density at radius 1 is 1.42 bits per heavy atom. The Balaban J connectivity index is 2.80. The molecule has 0 saturated carbocycles. The van der Waals surface area contributed by atoms with E-state index in [1.165, 1.54) is 6.33 Å². The van der Waals surface area contributed by atoms with Gasteiger partial charge in [-0.15, -0.1) is 0 Å². The fourth-order valence-corrected chi connectivity index (χ4v) is 1.17. The number of nitrogens with zero attached hydrogens (tertiary/aromatic N) is 3. The minimum Gasteiger partial charge on any atom is -0.383 e. The highest BCUT2D eigenvalue weighted by Crippen LogP contribution is 2.16. The second kappa shape index (κ2) is 2.46. The van der Waals surface area contributed by atoms with Crippen LogP contribution in [-0.2, 0) is 6.67 Å². The third-order valence-electron chi connectivity index (χ3n) is 1.78. The predicted octanol–water partition coefficient (Wildman–Crippen LogP) is -0.0703. The Hall–Kier alpha value is -1.62. The zero-order valence-electron chi connectivity index (χ0n) is 6.44. The van der Waals surface area contributed by atoms with Crippen molar-refractivity contribution in [1.82, 2.24) is 14.5 Å². The van der Waals surface area contributed by atoms with E-state index < -0.39 is 0 Å². The Labute approximate surface area is 69.0 Å². The summed E-state index contributed by atoms with van der Waals surface area (Å²) in [5, 5.41) is 0.850. The van der Waals surface area contributed by atoms with Crippen molar-refractivity contribution >= 4 is 16.9 Å². The quantitative estimate of drug-likeness (QED) is 0.616. The summed E-state index contributed by atoms with van der Waals surface area (Å²) in [5.74, 6) is 0.493. The zero-order valence-corrected chi connectivity index (χ0v) is 6.44. The first-order valence-corrected chi connectivity index (χ1v) is 3.58. The fourth-order valence-electron chi connectivity index (χ4n) is 1.17. The van der Waals surface area contributed by atoms with Crippen LogP contribution in [0, 0.1) is 0 Å². The van der Waals surface area contributed by atoms with Gasteiger partial charge in [0.2, 0.25) is 0 Å². The van der Waals surface area contributed by atoms with E-state index in [1.54, 1.807) is 0 Å². The van der Waals surface area contributed by atoms with E-state index in [4.69, 9.17) is 11.5 Å². The van der Waals surface area contributed by atoms with E-state index in [1.807, 2.05) is 16.8 Å². The van der Waals surface area contributed by atoms with Gasteiger partial charge in [-0.05, 0) is 6.07 Å². The third kappa shape index (κ3) is 0.835. The van der Waals surface area contributed by atoms with Crippen molar-refractivity contribution in [2.75, 3.05) is 5.73 Å². The number of hydrogen-bond acceptors (Lipinski definition) is 4. The molecule has 0 fully saturated rings. The van der Waals surface area contributed by atoms with Gasteiger partial charge in [0.15, 0.2) is 0 Å². The number of aromatic nitrogens is 3. The van der Waals surface area contributed by atoms with Gasteiger partial charge in [-0.25, -0.2) is 9.97 Å². The van der Waals surface area contributed by atoms with Crippen molar-refractivity contribution in [3.63, 3.8) is 0 Å². The second-order valence-corrected chi connectivity index (χ2v) is 2.46. The van der Waals surface area contributed by atoms with Gasteiger partial charge < -0.3 is 16.0 Å². The number of nitrogen functional groups attached to an aromatic ring is 1. The van der Waals surface area contributed by atoms with Crippen molar-refractivity contribution < 1.29 is 0 Å². The van der Waals surface area contributed by atoms with Crippen molar-refractivity contribution in [2.24, 2.45) is 5.73 Å². The summed E-state index contributed by atoms with van der Waals surface area (Å²) in [4.78, 5) is 7.93. The molecule has 12 heavy (non-hydrogen) atoms. The highest BCUT2D eigenvalue weighted by Gasteiger charge is 2.03. The maximum absolute atomic E-state index is 5.62. The molecule has 2 heterocycles. The van der Waals surface area contributed by atoms with Gasteiger partial charge in [0.1, 0.15) is 17.8 Å². The smallest absolute Gasteiger partial charge is 0.146 e. The van der Waals surface area contributed by atoms with E-state index in [0.29, 0.717) is 12.5 Å². The van der Waals surface area contributed by atoms with Gasteiger partial charge >= 0.3 is 0 Å². The van der Waals surface area contributed by atoms with Crippen LogP contribution < -0.4 is 11.5 Å². The van der Waals surface area contributed by atoms with E-state index in [9.17, 15) is 0 Å². The summed E-state index contributed by atoms with van der Waals surface area (Å²) >= 11 is 0. The predicted molar refractivity (Wildman–Crippen MR) is 46.1 cm³/mol. The molecule has 5 heteroatoms. The average molecular weight is 163 g/mol. The summed E-state index contributed by atoms with van der Waals surface area (Å²) in [6.07, 6.45) is 3.28. The molecule has 0 aliphatic heterocycles. The molecular formula is C7H9N5. The molecule has 0 unspecified atom stereocenters. The van der Waals surface area contributed by atoms with Crippen molar-refractivity contribution in [2.45, 2.75) is 6.67 Å². The summed E-state index contributed by atoms with van der Waals surface area (Å²) < 4.78 is 1.81. The molecule has 0 aliphatic rings. The maximum Gasteiger partial charge on any atom is 0.146 e. The molecule has 0 atom stereocenters. The lowest BCUT2D eigenvalue weighted by atomic mass is 10.4. The fraction of sp³-hybridized carbons (Fsp3) is 0.143. The number of nitrogens with two attached hydrogens (primary N) is 2. The second-order valence-electron chi connectivity index (χ2n) is 2.46. The van der Waals surface area contributed by atoms with Crippen LogP contribution in [0.5, 0.6) is 0 Å². The van der Waals surface area contributed by atoms with Crippen LogP contribution in [0.4, 0.5) is 5.82 Å². The van der Waals surface area contributed by atoms with Crippen molar-refractivity contribution in [3.05, 3.63) is 18.6 Å². The minimum atomic E-state index is 0.403. The van der Waals surface area contributed by atoms with Gasteiger partial charge in [-0.3, -0.25) is 0 Å². The molecule has 0 spiro atoms. The van der Waals surface area contributed by atoms with Gasteiger partial charge in [0, 0.05) is 6.20 Å². The van der Waals surface area contributed by atoms with E-state index in [0.717, 1.165) is 11.0 Å². The minimum absolute atomic E-state index is 0.403. The summed E-state index contributed by atoms with van der Waals surface area (Å²) in [7, 11) is 0. The molecule has 0 aromatic carbocycles. The van der Waals surface area contributed by atoms with E-state index in [2.05, 4.69) is 9.97 Å². The standard InChI is InChI=1S/C7H9N5/c8-3-12-2-1-5-6(9)10-4-11-7(5)12/h1-2,4H,3,8H2,(H2,9,10,11). The Morgan fingerprint density at radius 3 is 3.00 bits per heavy atom. The molecule has 62 valence electrons. The topological polar surface area (TPSA) is 82.8 Å². The molecule has 0 aliphatic carbocycles. The van der Waals surface area contributed by atoms with E-state index in [-0.39, 0.29) is 0 Å². The Kier molecular flexibility index (Phi) is 1.44. The molecule has 0 amide bonds. The molecule has 4 N–H and O–H groups in total. The Morgan fingerprint density at radius 2 is 2.25 bits per heavy atom. The average Bonchev–Trinajstić information content (AvgIpc) is 2.49. The lowest BCUT2D eigenvalue weighted by Crippen LogP contribution is -2.06. The normalized spacial score (nSPS) is 10.8. The van der Waals surface area contributed by atoms with Crippen LogP contribution in [0.15, 0.2) is 18.6 Å². The van der Waals surface area contributed by atoms with Crippen LogP contribution in [0.2, 0.25) is 0 Å². The molecular weight excluding hydrogens is 154 g/mol. The summed E-state index contributed by atoms with van der Waals surface area (Å²) in [6, 6.07) is 1.86. The number of rotatable bonds is 1. The lowest BCUT2D eigenvalue weighted by molar-refractivity contribution is 0.755. The molecule has 0 bridgehead atoms. The first-order chi connectivity index (χ1) is 5.83. The number of hydrogen-bond donors (Lipinski definition) is 2. The molecule has 2 aromatic rings. The summed E-state index contributed by atoms with van der Waals surface area (Å²) in [6.45, 7) is 0.403. The zero-order chi connectivity index (χ0) is 8.55. The molecule has 2 aromatic heterocycles. The van der Waals surface area contributed by atoms with Gasteiger partial charge in [-0.2, -0.15) is 0 Å². The van der Waals surface area contributed by atoms with Gasteiger partial charge in [0.25, 0.3) is 0 Å². The van der Waals surface area contributed by atoms with Crippen molar-refractivity contribution in [3.8, 4) is 0 Å². The third-order valence-corrected chi connectivity index (χ3v) is 1.78. The first-order valence-electron chi connectivity index (χ1n) is 3.58. The maximum atomic E-state index is 5.62. The number of anilines is 1. The lowest BCUT2D eigenvalue weighted by Gasteiger charge is -1.98. The monoisotopic (exact) mass is 163 g/mol. The van der Waals surface area contributed by atoms with Crippen molar-refractivity contribution in [1.29, 1.82) is 0 Å². The molecule has 0 saturated heterocycles. The van der Waals surface area contributed by atoms with Gasteiger partial charge in [0.05, 0.1) is 12.1 Å². The van der Waals surface area contributed by atoms with Crippen LogP contribution in [-0.4, -0.2) is 14.5 Å². The first kappa shape index (κ1) is 7.05. The van der Waals surface area contributed by atoms with Crippen LogP contribution in [0.1, 0.15) is 0 Å². The molecule has 2 rings (SSSR count). The van der Waals surface area contributed by atoms with Crippen LogP contribution in [0.25, 0.3) is 11.0 Å². The van der Waals surface area contributed by atoms with Crippen LogP contribution >= 0.6 is 0 Å². The Bertz CT molecular complexity index is 405. The van der Waals surface area contributed by atoms with Crippen LogP contribution in [0.3, 0.4) is 0 Å². The summed E-state index contributed by atoms with van der Waals surface area (Å²) in [5.41, 5.74) is 11.9. The molecule has 5 nitrogen and oxygen atoms in total. The molecule has 0 radical (unpaired) electrons. The highest BCUT2D eigenvalue weighted by atomic mass is 15.1. The SMILES string of the molecule is NCn1ccc2c(N)ncnc21. The number of fused-ring (bicyclic) bond motifs is 1. The highest BCUT2D eigenvalue weighted by molar-refractivity contribution is 5.85.